The van der Waals surface area contributed by atoms with Crippen LogP contribution in [-0.4, -0.2) is 60.6 Å². The molecule has 0 saturated carbocycles. The highest BCUT2D eigenvalue weighted by Crippen LogP contribution is 2.23. The standard InChI is InChI=1S/C21H25N9S/c1-16-18(4-5-20(24-16)30-8-3-6-23-30)29-11-9-28(10-12-29)15-17-14-19(26-27(17)2)25-21-22-7-13-31-21/h3-8,13-14H,9-12,15H2,1-2H3,(H,22,25,26). The van der Waals surface area contributed by atoms with Crippen molar-refractivity contribution in [3.8, 4) is 5.82 Å². The van der Waals surface area contributed by atoms with Gasteiger partial charge >= 0.3 is 0 Å². The van der Waals surface area contributed by atoms with Crippen molar-refractivity contribution in [2.75, 3.05) is 36.4 Å². The molecule has 0 amide bonds. The van der Waals surface area contributed by atoms with Gasteiger partial charge < -0.3 is 10.2 Å². The number of aromatic nitrogens is 6. The molecule has 0 atom stereocenters. The molecule has 5 heterocycles. The number of nitrogens with one attached hydrogen (secondary N) is 1. The van der Waals surface area contributed by atoms with Gasteiger partial charge in [0.15, 0.2) is 16.8 Å². The van der Waals surface area contributed by atoms with E-state index in [2.05, 4.69) is 49.4 Å². The lowest BCUT2D eigenvalue weighted by Gasteiger charge is -2.36. The molecule has 0 unspecified atom stereocenters. The highest BCUT2D eigenvalue weighted by atomic mass is 32.1. The maximum atomic E-state index is 4.74. The number of pyridine rings is 1. The number of nitrogens with zero attached hydrogens (tertiary/aromatic N) is 8. The third kappa shape index (κ3) is 4.30. The van der Waals surface area contributed by atoms with Crippen molar-refractivity contribution in [3.63, 3.8) is 0 Å². The van der Waals surface area contributed by atoms with Crippen molar-refractivity contribution in [1.29, 1.82) is 0 Å². The summed E-state index contributed by atoms with van der Waals surface area (Å²) < 4.78 is 3.74. The van der Waals surface area contributed by atoms with Crippen molar-refractivity contribution in [1.82, 2.24) is 34.4 Å². The van der Waals surface area contributed by atoms with Crippen LogP contribution in [0.1, 0.15) is 11.4 Å². The summed E-state index contributed by atoms with van der Waals surface area (Å²) in [7, 11) is 1.99. The minimum absolute atomic E-state index is 0.838. The zero-order chi connectivity index (χ0) is 21.2. The van der Waals surface area contributed by atoms with Crippen LogP contribution in [0.25, 0.3) is 5.82 Å². The molecule has 0 aromatic carbocycles. The number of hydrogen-bond acceptors (Lipinski definition) is 8. The summed E-state index contributed by atoms with van der Waals surface area (Å²) in [4.78, 5) is 13.9. The summed E-state index contributed by atoms with van der Waals surface area (Å²) >= 11 is 1.57. The molecule has 5 rings (SSSR count). The molecule has 4 aromatic rings. The van der Waals surface area contributed by atoms with Crippen molar-refractivity contribution in [3.05, 3.63) is 59.6 Å². The average molecular weight is 436 g/mol. The number of thiazole rings is 1. The van der Waals surface area contributed by atoms with E-state index in [1.807, 2.05) is 35.4 Å². The van der Waals surface area contributed by atoms with Gasteiger partial charge in [-0.25, -0.2) is 14.6 Å². The van der Waals surface area contributed by atoms with Crippen LogP contribution in [0.4, 0.5) is 16.6 Å². The molecule has 0 aliphatic carbocycles. The summed E-state index contributed by atoms with van der Waals surface area (Å²) in [5, 5.41) is 14.9. The molecule has 1 aliphatic heterocycles. The second kappa shape index (κ2) is 8.48. The Morgan fingerprint density at radius 1 is 1.13 bits per heavy atom. The van der Waals surface area contributed by atoms with E-state index in [4.69, 9.17) is 4.98 Å². The van der Waals surface area contributed by atoms with Crippen LogP contribution in [0.2, 0.25) is 0 Å². The maximum Gasteiger partial charge on any atom is 0.188 e. The van der Waals surface area contributed by atoms with E-state index < -0.39 is 0 Å². The molecule has 1 aliphatic rings. The van der Waals surface area contributed by atoms with E-state index in [9.17, 15) is 0 Å². The smallest absolute Gasteiger partial charge is 0.188 e. The average Bonchev–Trinajstić information content (AvgIpc) is 3.53. The van der Waals surface area contributed by atoms with Crippen molar-refractivity contribution in [2.24, 2.45) is 7.05 Å². The van der Waals surface area contributed by atoms with Crippen LogP contribution in [0.5, 0.6) is 0 Å². The lowest BCUT2D eigenvalue weighted by molar-refractivity contribution is 0.243. The Balaban J connectivity index is 1.20. The van der Waals surface area contributed by atoms with Crippen molar-refractivity contribution in [2.45, 2.75) is 13.5 Å². The lowest BCUT2D eigenvalue weighted by Crippen LogP contribution is -2.46. The van der Waals surface area contributed by atoms with Crippen molar-refractivity contribution < 1.29 is 0 Å². The van der Waals surface area contributed by atoms with Crippen LogP contribution in [-0.2, 0) is 13.6 Å². The Morgan fingerprint density at radius 3 is 2.71 bits per heavy atom. The highest BCUT2D eigenvalue weighted by Gasteiger charge is 2.20. The first-order valence-electron chi connectivity index (χ1n) is 10.3. The fourth-order valence-electron chi connectivity index (χ4n) is 3.89. The summed E-state index contributed by atoms with van der Waals surface area (Å²) in [6.07, 6.45) is 5.47. The molecule has 160 valence electrons. The Labute approximate surface area is 185 Å². The van der Waals surface area contributed by atoms with Gasteiger partial charge in [-0.1, -0.05) is 0 Å². The number of piperazine rings is 1. The van der Waals surface area contributed by atoms with Crippen LogP contribution in [0, 0.1) is 6.92 Å². The number of aryl methyl sites for hydroxylation is 2. The Hall–Kier alpha value is -3.24. The normalized spacial score (nSPS) is 14.8. The molecule has 1 fully saturated rings. The van der Waals surface area contributed by atoms with Gasteiger partial charge in [-0.05, 0) is 25.1 Å². The first-order chi connectivity index (χ1) is 15.2. The van der Waals surface area contributed by atoms with Gasteiger partial charge in [-0.15, -0.1) is 11.3 Å². The quantitative estimate of drug-likeness (QED) is 0.499. The summed E-state index contributed by atoms with van der Waals surface area (Å²) in [5.41, 5.74) is 3.42. The summed E-state index contributed by atoms with van der Waals surface area (Å²) in [6, 6.07) is 8.21. The second-order valence-corrected chi connectivity index (χ2v) is 8.49. The predicted octanol–water partition coefficient (Wildman–Crippen LogP) is 2.83. The first kappa shape index (κ1) is 19.7. The van der Waals surface area contributed by atoms with Crippen LogP contribution in [0.3, 0.4) is 0 Å². The van der Waals surface area contributed by atoms with E-state index in [1.165, 1.54) is 11.4 Å². The molecule has 1 N–H and O–H groups in total. The third-order valence-electron chi connectivity index (χ3n) is 5.52. The molecule has 1 saturated heterocycles. The molecule has 0 spiro atoms. The molecule has 0 bridgehead atoms. The van der Waals surface area contributed by atoms with E-state index >= 15 is 0 Å². The topological polar surface area (TPSA) is 79.9 Å². The Kier molecular flexibility index (Phi) is 5.39. The molecule has 0 radical (unpaired) electrons. The highest BCUT2D eigenvalue weighted by molar-refractivity contribution is 7.13. The van der Waals surface area contributed by atoms with Gasteiger partial charge in [0.25, 0.3) is 0 Å². The van der Waals surface area contributed by atoms with Gasteiger partial charge in [0, 0.05) is 69.8 Å². The second-order valence-electron chi connectivity index (χ2n) is 7.59. The van der Waals surface area contributed by atoms with E-state index in [-0.39, 0.29) is 0 Å². The third-order valence-corrected chi connectivity index (χ3v) is 6.21. The molecule has 10 heteroatoms. The van der Waals surface area contributed by atoms with Gasteiger partial charge in [0.05, 0.1) is 17.1 Å². The molecule has 9 nitrogen and oxygen atoms in total. The van der Waals surface area contributed by atoms with Gasteiger partial charge in [-0.3, -0.25) is 9.58 Å². The SMILES string of the molecule is Cc1nc(-n2cccn2)ccc1N1CCN(Cc2cc(Nc3nccs3)nn2C)CC1. The minimum Gasteiger partial charge on any atom is -0.368 e. The van der Waals surface area contributed by atoms with Gasteiger partial charge in [-0.2, -0.15) is 10.2 Å². The van der Waals surface area contributed by atoms with Crippen molar-refractivity contribution >= 4 is 28.0 Å². The fraction of sp³-hybridized carbons (Fsp3) is 0.333. The van der Waals surface area contributed by atoms with Crippen LogP contribution < -0.4 is 10.2 Å². The summed E-state index contributed by atoms with van der Waals surface area (Å²) in [6.45, 7) is 6.91. The van der Waals surface area contributed by atoms with Gasteiger partial charge in [0.2, 0.25) is 0 Å². The zero-order valence-corrected chi connectivity index (χ0v) is 18.5. The van der Waals surface area contributed by atoms with Crippen LogP contribution >= 0.6 is 11.3 Å². The van der Waals surface area contributed by atoms with Gasteiger partial charge in [0.1, 0.15) is 0 Å². The number of hydrogen-bond donors (Lipinski definition) is 1. The predicted molar refractivity (Wildman–Crippen MR) is 122 cm³/mol. The molecule has 31 heavy (non-hydrogen) atoms. The number of anilines is 3. The minimum atomic E-state index is 0.838. The largest absolute Gasteiger partial charge is 0.368 e. The van der Waals surface area contributed by atoms with E-state index in [1.54, 1.807) is 28.4 Å². The molecular weight excluding hydrogens is 410 g/mol. The Morgan fingerprint density at radius 2 is 2.00 bits per heavy atom. The fourth-order valence-corrected chi connectivity index (χ4v) is 4.43. The monoisotopic (exact) mass is 435 g/mol. The first-order valence-corrected chi connectivity index (χ1v) is 11.2. The maximum absolute atomic E-state index is 4.74. The van der Waals surface area contributed by atoms with E-state index in [0.717, 1.165) is 55.2 Å². The van der Waals surface area contributed by atoms with Crippen LogP contribution in [0.15, 0.2) is 48.2 Å². The Bertz CT molecular complexity index is 1130. The molecule has 4 aromatic heterocycles. The molecular formula is C21H25N9S. The number of rotatable bonds is 6. The van der Waals surface area contributed by atoms with E-state index in [0.29, 0.717) is 0 Å². The zero-order valence-electron chi connectivity index (χ0n) is 17.6. The lowest BCUT2D eigenvalue weighted by atomic mass is 10.2. The summed E-state index contributed by atoms with van der Waals surface area (Å²) in [5.74, 6) is 1.69.